The van der Waals surface area contributed by atoms with E-state index in [0.717, 1.165) is 24.4 Å². The largest absolute Gasteiger partial charge is 0.497 e. The van der Waals surface area contributed by atoms with Crippen molar-refractivity contribution < 1.29 is 19.4 Å². The summed E-state index contributed by atoms with van der Waals surface area (Å²) in [6.07, 6.45) is -0.744. The van der Waals surface area contributed by atoms with Crippen LogP contribution in [0.15, 0.2) is 42.5 Å². The van der Waals surface area contributed by atoms with Crippen LogP contribution in [0.4, 0.5) is 5.69 Å². The Labute approximate surface area is 190 Å². The van der Waals surface area contributed by atoms with Crippen molar-refractivity contribution in [2.24, 2.45) is 0 Å². The first-order valence-electron chi connectivity index (χ1n) is 11.1. The van der Waals surface area contributed by atoms with Crippen molar-refractivity contribution in [3.63, 3.8) is 0 Å². The maximum Gasteiger partial charge on any atom is 0.218 e. The fourth-order valence-electron chi connectivity index (χ4n) is 4.28. The molecule has 3 rings (SSSR count). The number of aryl methyl sites for hydroxylation is 2. The van der Waals surface area contributed by atoms with Crippen LogP contribution < -0.4 is 15.0 Å². The van der Waals surface area contributed by atoms with Gasteiger partial charge in [0, 0.05) is 38.8 Å². The molecule has 32 heavy (non-hydrogen) atoms. The van der Waals surface area contributed by atoms with Gasteiger partial charge >= 0.3 is 0 Å². The molecule has 1 fully saturated rings. The number of nitrogens with zero attached hydrogens (tertiary/aromatic N) is 2. The summed E-state index contributed by atoms with van der Waals surface area (Å²) in [5, 5.41) is 13.6. The van der Waals surface area contributed by atoms with E-state index in [1.54, 1.807) is 14.0 Å². The highest BCUT2D eigenvalue weighted by atomic mass is 16.5. The van der Waals surface area contributed by atoms with Crippen molar-refractivity contribution in [2.75, 3.05) is 44.8 Å². The normalized spacial score (nSPS) is 17.8. The predicted molar refractivity (Wildman–Crippen MR) is 126 cm³/mol. The van der Waals surface area contributed by atoms with Crippen LogP contribution in [-0.4, -0.2) is 68.1 Å². The number of hydrogen-bond donors (Lipinski definition) is 2. The maximum atomic E-state index is 11.9. The first-order valence-corrected chi connectivity index (χ1v) is 11.1. The standard InChI is InChI=1S/C25H35N3O4/c1-18-6-5-7-19(2)25(18)28-13-12-27(15-24(28)26-20(3)29)14-22(30)17-32-16-21-8-10-23(31-4)11-9-21/h5-11,22,24,30H,12-17H2,1-4H3,(H,26,29). The Balaban J connectivity index is 1.54. The monoisotopic (exact) mass is 441 g/mol. The highest BCUT2D eigenvalue weighted by Crippen LogP contribution is 2.27. The van der Waals surface area contributed by atoms with Crippen LogP contribution in [0, 0.1) is 13.8 Å². The van der Waals surface area contributed by atoms with Crippen molar-refractivity contribution in [3.8, 4) is 5.75 Å². The third-order valence-electron chi connectivity index (χ3n) is 5.77. The van der Waals surface area contributed by atoms with Gasteiger partial charge in [-0.15, -0.1) is 0 Å². The molecule has 0 saturated carbocycles. The Morgan fingerprint density at radius 1 is 1.16 bits per heavy atom. The molecule has 1 amide bonds. The molecule has 0 radical (unpaired) electrons. The number of benzene rings is 2. The van der Waals surface area contributed by atoms with Gasteiger partial charge in [-0.3, -0.25) is 9.69 Å². The number of rotatable bonds is 9. The molecule has 2 aromatic carbocycles. The van der Waals surface area contributed by atoms with Gasteiger partial charge in [-0.25, -0.2) is 0 Å². The summed E-state index contributed by atoms with van der Waals surface area (Å²) in [6, 6.07) is 14.0. The molecule has 0 aliphatic carbocycles. The first-order chi connectivity index (χ1) is 15.4. The van der Waals surface area contributed by atoms with Crippen LogP contribution >= 0.6 is 0 Å². The first kappa shape index (κ1) is 24.0. The number of ether oxygens (including phenoxy) is 2. The molecule has 1 aliphatic heterocycles. The number of piperazine rings is 1. The molecule has 1 heterocycles. The van der Waals surface area contributed by atoms with Crippen LogP contribution in [-0.2, 0) is 16.1 Å². The Morgan fingerprint density at radius 2 is 1.84 bits per heavy atom. The van der Waals surface area contributed by atoms with Gasteiger partial charge in [0.05, 0.1) is 26.4 Å². The second-order valence-electron chi connectivity index (χ2n) is 8.43. The van der Waals surface area contributed by atoms with Crippen LogP contribution in [0.25, 0.3) is 0 Å². The molecule has 1 saturated heterocycles. The molecule has 2 atom stereocenters. The number of anilines is 1. The highest BCUT2D eigenvalue weighted by Gasteiger charge is 2.30. The van der Waals surface area contributed by atoms with Gasteiger partial charge in [-0.2, -0.15) is 0 Å². The lowest BCUT2D eigenvalue weighted by atomic mass is 10.1. The van der Waals surface area contributed by atoms with Crippen molar-refractivity contribution in [1.82, 2.24) is 10.2 Å². The van der Waals surface area contributed by atoms with Crippen molar-refractivity contribution in [2.45, 2.75) is 39.6 Å². The lowest BCUT2D eigenvalue weighted by molar-refractivity contribution is -0.120. The van der Waals surface area contributed by atoms with Crippen LogP contribution in [0.5, 0.6) is 5.75 Å². The summed E-state index contributed by atoms with van der Waals surface area (Å²) < 4.78 is 10.9. The molecule has 7 heteroatoms. The van der Waals surface area contributed by atoms with E-state index in [-0.39, 0.29) is 18.7 Å². The molecule has 7 nitrogen and oxygen atoms in total. The molecule has 0 spiro atoms. The SMILES string of the molecule is COc1ccc(COCC(O)CN2CCN(c3c(C)cccc3C)C(NC(C)=O)C2)cc1. The number of hydrogen-bond acceptors (Lipinski definition) is 6. The molecule has 1 aliphatic rings. The summed E-state index contributed by atoms with van der Waals surface area (Å²) in [4.78, 5) is 16.3. The van der Waals surface area contributed by atoms with Crippen LogP contribution in [0.2, 0.25) is 0 Å². The number of carbonyl (C=O) groups excluding carboxylic acids is 1. The Hall–Kier alpha value is -2.61. The molecule has 174 valence electrons. The average Bonchev–Trinajstić information content (AvgIpc) is 2.75. The van der Waals surface area contributed by atoms with Crippen molar-refractivity contribution in [1.29, 1.82) is 0 Å². The van der Waals surface area contributed by atoms with E-state index in [0.29, 0.717) is 19.7 Å². The van der Waals surface area contributed by atoms with E-state index in [1.807, 2.05) is 24.3 Å². The van der Waals surface area contributed by atoms with Gasteiger partial charge in [-0.05, 0) is 42.7 Å². The average molecular weight is 442 g/mol. The van der Waals surface area contributed by atoms with Gasteiger partial charge in [0.1, 0.15) is 11.9 Å². The quantitative estimate of drug-likeness (QED) is 0.623. The number of para-hydroxylation sites is 1. The van der Waals surface area contributed by atoms with Gasteiger partial charge in [-0.1, -0.05) is 30.3 Å². The van der Waals surface area contributed by atoms with E-state index < -0.39 is 6.10 Å². The zero-order valence-electron chi connectivity index (χ0n) is 19.5. The maximum absolute atomic E-state index is 11.9. The smallest absolute Gasteiger partial charge is 0.218 e. The van der Waals surface area contributed by atoms with E-state index in [1.165, 1.54) is 16.8 Å². The minimum Gasteiger partial charge on any atom is -0.497 e. The Bertz CT molecular complexity index is 867. The topological polar surface area (TPSA) is 74.3 Å². The zero-order chi connectivity index (χ0) is 23.1. The van der Waals surface area contributed by atoms with Gasteiger partial charge in [0.2, 0.25) is 5.91 Å². The number of carbonyl (C=O) groups is 1. The Morgan fingerprint density at radius 3 is 2.47 bits per heavy atom. The Kier molecular flexibility index (Phi) is 8.50. The molecule has 2 unspecified atom stereocenters. The fourth-order valence-corrected chi connectivity index (χ4v) is 4.28. The third kappa shape index (κ3) is 6.45. The lowest BCUT2D eigenvalue weighted by Crippen LogP contribution is -2.61. The molecule has 2 N–H and O–H groups in total. The highest BCUT2D eigenvalue weighted by molar-refractivity contribution is 5.74. The van der Waals surface area contributed by atoms with E-state index in [4.69, 9.17) is 9.47 Å². The predicted octanol–water partition coefficient (Wildman–Crippen LogP) is 2.47. The van der Waals surface area contributed by atoms with Crippen LogP contribution in [0.3, 0.4) is 0 Å². The number of aliphatic hydroxyl groups excluding tert-OH is 1. The molecule has 0 aromatic heterocycles. The van der Waals surface area contributed by atoms with Gasteiger partial charge in [0.15, 0.2) is 0 Å². The zero-order valence-corrected chi connectivity index (χ0v) is 19.5. The summed E-state index contributed by atoms with van der Waals surface area (Å²) >= 11 is 0. The number of β-amino-alcohol motifs (C(OH)–C–C–N with tert-alkyl or cyclic N) is 1. The van der Waals surface area contributed by atoms with Gasteiger partial charge in [0.25, 0.3) is 0 Å². The number of nitrogens with one attached hydrogen (secondary N) is 1. The molecular weight excluding hydrogens is 406 g/mol. The summed E-state index contributed by atoms with van der Waals surface area (Å²) in [5.41, 5.74) is 4.60. The van der Waals surface area contributed by atoms with E-state index in [9.17, 15) is 9.90 Å². The number of aliphatic hydroxyl groups is 1. The molecule has 0 bridgehead atoms. The van der Waals surface area contributed by atoms with Crippen molar-refractivity contribution in [3.05, 3.63) is 59.2 Å². The van der Waals surface area contributed by atoms with E-state index in [2.05, 4.69) is 47.2 Å². The minimum absolute atomic E-state index is 0.0588. The van der Waals surface area contributed by atoms with Gasteiger partial charge < -0.3 is 24.8 Å². The van der Waals surface area contributed by atoms with E-state index >= 15 is 0 Å². The second-order valence-corrected chi connectivity index (χ2v) is 8.43. The van der Waals surface area contributed by atoms with Crippen LogP contribution in [0.1, 0.15) is 23.6 Å². The lowest BCUT2D eigenvalue weighted by Gasteiger charge is -2.44. The summed E-state index contributed by atoms with van der Waals surface area (Å²) in [6.45, 7) is 9.16. The number of methoxy groups -OCH3 is 1. The summed E-state index contributed by atoms with van der Waals surface area (Å²) in [7, 11) is 1.64. The number of amides is 1. The second kappa shape index (κ2) is 11.3. The third-order valence-corrected chi connectivity index (χ3v) is 5.77. The fraction of sp³-hybridized carbons (Fsp3) is 0.480. The molecule has 2 aromatic rings. The minimum atomic E-state index is -0.599. The molecular formula is C25H35N3O4. The summed E-state index contributed by atoms with van der Waals surface area (Å²) in [5.74, 6) is 0.749. The van der Waals surface area contributed by atoms with Crippen molar-refractivity contribution >= 4 is 11.6 Å².